The molecule has 1 aliphatic heterocycles. The van der Waals surface area contributed by atoms with E-state index >= 15 is 0 Å². The first-order valence-corrected chi connectivity index (χ1v) is 11.2. The summed E-state index contributed by atoms with van der Waals surface area (Å²) in [6.45, 7) is 1.74. The Labute approximate surface area is 189 Å². The number of hydrogen-bond donors (Lipinski definition) is 2. The molecule has 2 N–H and O–H groups in total. The number of alkyl halides is 1. The first-order chi connectivity index (χ1) is 15.9. The molecule has 6 rings (SSSR count). The number of hydrogen-bond acceptors (Lipinski definition) is 6. The van der Waals surface area contributed by atoms with E-state index in [0.29, 0.717) is 47.1 Å². The minimum absolute atomic E-state index is 0.131. The highest BCUT2D eigenvalue weighted by Crippen LogP contribution is 2.36. The van der Waals surface area contributed by atoms with Crippen LogP contribution in [0.1, 0.15) is 19.3 Å². The van der Waals surface area contributed by atoms with E-state index in [1.807, 2.05) is 18.2 Å². The number of nitrogens with zero attached hydrogens (tertiary/aromatic N) is 5. The van der Waals surface area contributed by atoms with Crippen LogP contribution in [0.5, 0.6) is 5.75 Å². The molecule has 7 nitrogen and oxygen atoms in total. The lowest BCUT2D eigenvalue weighted by Gasteiger charge is -2.33. The molecule has 1 saturated carbocycles. The van der Waals surface area contributed by atoms with Gasteiger partial charge in [0.2, 0.25) is 0 Å². The molecule has 0 spiro atoms. The van der Waals surface area contributed by atoms with Crippen molar-refractivity contribution in [2.75, 3.05) is 18.0 Å². The van der Waals surface area contributed by atoms with Crippen LogP contribution in [-0.4, -0.2) is 56.2 Å². The van der Waals surface area contributed by atoms with E-state index in [4.69, 9.17) is 4.98 Å². The second kappa shape index (κ2) is 7.62. The van der Waals surface area contributed by atoms with E-state index in [1.165, 1.54) is 4.68 Å². The van der Waals surface area contributed by atoms with E-state index in [1.54, 1.807) is 25.4 Å². The second-order valence-electron chi connectivity index (χ2n) is 9.10. The largest absolute Gasteiger partial charge is 0.504 e. The maximum Gasteiger partial charge on any atom is 0.193 e. The summed E-state index contributed by atoms with van der Waals surface area (Å²) in [6.07, 6.45) is 3.29. The topological polar surface area (TPSA) is 79.1 Å². The summed E-state index contributed by atoms with van der Waals surface area (Å²) < 4.78 is 29.2. The standard InChI is InChI=1S/C24H24F2N6O/c1-31-11-13-8-17(24(33)22(26)23(13)30-31)18-2-3-20-19(28-18)4-5-21(29-20)32-7-6-15(12-32)27-16-9-14(25)10-16/h2-5,8,11,14-16,27,33H,6-7,9-10,12H2,1H3/t14?,15-,16?/m0/s1. The molecule has 0 bridgehead atoms. The lowest BCUT2D eigenvalue weighted by Crippen LogP contribution is -2.48. The summed E-state index contributed by atoms with van der Waals surface area (Å²) in [5, 5.41) is 18.6. The molecule has 0 radical (unpaired) electrons. The van der Waals surface area contributed by atoms with Gasteiger partial charge >= 0.3 is 0 Å². The Morgan fingerprint density at radius 3 is 2.70 bits per heavy atom. The van der Waals surface area contributed by atoms with Crippen molar-refractivity contribution in [2.24, 2.45) is 7.05 Å². The average molecular weight is 450 g/mol. The number of aromatic nitrogens is 4. The predicted molar refractivity (Wildman–Crippen MR) is 123 cm³/mol. The lowest BCUT2D eigenvalue weighted by molar-refractivity contribution is 0.148. The van der Waals surface area contributed by atoms with Gasteiger partial charge in [-0.25, -0.2) is 18.7 Å². The first kappa shape index (κ1) is 20.3. The van der Waals surface area contributed by atoms with Crippen LogP contribution in [0.2, 0.25) is 0 Å². The number of nitrogens with one attached hydrogen (secondary N) is 1. The van der Waals surface area contributed by atoms with Gasteiger partial charge in [0.05, 0.1) is 16.7 Å². The Balaban J connectivity index is 1.26. The molecule has 0 unspecified atom stereocenters. The fraction of sp³-hybridized carbons (Fsp3) is 0.375. The maximum absolute atomic E-state index is 14.7. The van der Waals surface area contributed by atoms with Crippen LogP contribution in [0.4, 0.5) is 14.6 Å². The molecule has 3 aromatic heterocycles. The van der Waals surface area contributed by atoms with Crippen molar-refractivity contribution in [3.05, 3.63) is 42.3 Å². The van der Waals surface area contributed by atoms with E-state index in [0.717, 1.165) is 30.8 Å². The molecule has 9 heteroatoms. The smallest absolute Gasteiger partial charge is 0.193 e. The van der Waals surface area contributed by atoms with Gasteiger partial charge in [0, 0.05) is 49.4 Å². The number of halogens is 2. The van der Waals surface area contributed by atoms with Crippen molar-refractivity contribution < 1.29 is 13.9 Å². The highest BCUT2D eigenvalue weighted by Gasteiger charge is 2.33. The third-order valence-electron chi connectivity index (χ3n) is 6.70. The van der Waals surface area contributed by atoms with Gasteiger partial charge in [-0.2, -0.15) is 5.10 Å². The number of phenols is 1. The van der Waals surface area contributed by atoms with E-state index in [-0.39, 0.29) is 5.52 Å². The number of pyridine rings is 2. The summed E-state index contributed by atoms with van der Waals surface area (Å²) in [5.74, 6) is -0.331. The second-order valence-corrected chi connectivity index (χ2v) is 9.10. The molecule has 1 saturated heterocycles. The highest BCUT2D eigenvalue weighted by molar-refractivity contribution is 5.89. The van der Waals surface area contributed by atoms with Gasteiger partial charge in [-0.15, -0.1) is 0 Å². The number of fused-ring (bicyclic) bond motifs is 2. The van der Waals surface area contributed by atoms with Crippen molar-refractivity contribution in [3.8, 4) is 17.0 Å². The van der Waals surface area contributed by atoms with Crippen molar-refractivity contribution in [2.45, 2.75) is 37.5 Å². The van der Waals surface area contributed by atoms with Gasteiger partial charge in [-0.3, -0.25) is 4.68 Å². The van der Waals surface area contributed by atoms with Crippen LogP contribution >= 0.6 is 0 Å². The zero-order chi connectivity index (χ0) is 22.7. The summed E-state index contributed by atoms with van der Waals surface area (Å²) in [4.78, 5) is 11.6. The van der Waals surface area contributed by atoms with Crippen molar-refractivity contribution in [1.29, 1.82) is 0 Å². The van der Waals surface area contributed by atoms with Gasteiger partial charge in [0.25, 0.3) is 0 Å². The Hall–Kier alpha value is -3.33. The highest BCUT2D eigenvalue weighted by atomic mass is 19.1. The molecule has 2 aliphatic rings. The first-order valence-electron chi connectivity index (χ1n) is 11.2. The van der Waals surface area contributed by atoms with Crippen LogP contribution in [0, 0.1) is 5.82 Å². The van der Waals surface area contributed by atoms with Crippen LogP contribution in [0.25, 0.3) is 33.2 Å². The van der Waals surface area contributed by atoms with Crippen molar-refractivity contribution >= 4 is 27.8 Å². The summed E-state index contributed by atoms with van der Waals surface area (Å²) >= 11 is 0. The quantitative estimate of drug-likeness (QED) is 0.494. The zero-order valence-corrected chi connectivity index (χ0v) is 18.2. The summed E-state index contributed by atoms with van der Waals surface area (Å²) in [5.41, 5.74) is 2.32. The molecule has 4 heterocycles. The number of aryl methyl sites for hydroxylation is 1. The zero-order valence-electron chi connectivity index (χ0n) is 18.2. The van der Waals surface area contributed by atoms with E-state index < -0.39 is 17.7 Å². The summed E-state index contributed by atoms with van der Waals surface area (Å²) in [7, 11) is 1.71. The van der Waals surface area contributed by atoms with Gasteiger partial charge in [0.1, 0.15) is 17.5 Å². The number of rotatable bonds is 4. The van der Waals surface area contributed by atoms with Crippen LogP contribution in [0.15, 0.2) is 36.5 Å². The van der Waals surface area contributed by atoms with Crippen LogP contribution < -0.4 is 10.2 Å². The Morgan fingerprint density at radius 1 is 1.09 bits per heavy atom. The van der Waals surface area contributed by atoms with Gasteiger partial charge in [-0.05, 0) is 49.6 Å². The molecule has 1 atom stereocenters. The fourth-order valence-corrected chi connectivity index (χ4v) is 4.88. The Morgan fingerprint density at radius 2 is 1.88 bits per heavy atom. The lowest BCUT2D eigenvalue weighted by atomic mass is 9.90. The SMILES string of the molecule is Cn1cc2cc(-c3ccc4nc(N5CC[C@H](NC6CC(F)C6)C5)ccc4n3)c(O)c(F)c2n1. The minimum atomic E-state index is -0.750. The number of anilines is 1. The molecule has 4 aromatic rings. The minimum Gasteiger partial charge on any atom is -0.504 e. The molecule has 33 heavy (non-hydrogen) atoms. The Bertz CT molecular complexity index is 1370. The van der Waals surface area contributed by atoms with E-state index in [2.05, 4.69) is 20.3 Å². The third-order valence-corrected chi connectivity index (χ3v) is 6.70. The molecular weight excluding hydrogens is 426 g/mol. The van der Waals surface area contributed by atoms with Crippen molar-refractivity contribution in [1.82, 2.24) is 25.1 Å². The normalized spacial score (nSPS) is 22.9. The number of benzene rings is 1. The number of aromatic hydroxyl groups is 1. The van der Waals surface area contributed by atoms with Gasteiger partial charge < -0.3 is 15.3 Å². The van der Waals surface area contributed by atoms with Crippen LogP contribution in [-0.2, 0) is 7.05 Å². The molecule has 0 amide bonds. The van der Waals surface area contributed by atoms with Crippen molar-refractivity contribution in [3.63, 3.8) is 0 Å². The fourth-order valence-electron chi connectivity index (χ4n) is 4.88. The molecule has 170 valence electrons. The average Bonchev–Trinajstić information content (AvgIpc) is 3.41. The monoisotopic (exact) mass is 450 g/mol. The van der Waals surface area contributed by atoms with Crippen LogP contribution in [0.3, 0.4) is 0 Å². The molecule has 1 aromatic carbocycles. The third kappa shape index (κ3) is 3.56. The molecule has 1 aliphatic carbocycles. The predicted octanol–water partition coefficient (Wildman–Crippen LogP) is 3.70. The van der Waals surface area contributed by atoms with Gasteiger partial charge in [-0.1, -0.05) is 0 Å². The molecule has 2 fully saturated rings. The Kier molecular flexibility index (Phi) is 4.69. The maximum atomic E-state index is 14.7. The van der Waals surface area contributed by atoms with E-state index in [9.17, 15) is 13.9 Å². The van der Waals surface area contributed by atoms with Gasteiger partial charge in [0.15, 0.2) is 11.6 Å². The molecular formula is C24H24F2N6O. The summed E-state index contributed by atoms with van der Waals surface area (Å²) in [6, 6.07) is 9.76. The number of phenolic OH excluding ortho intramolecular Hbond substituents is 1.